The van der Waals surface area contributed by atoms with E-state index in [0.717, 1.165) is 24.2 Å². The molecule has 2 N–H and O–H groups in total. The summed E-state index contributed by atoms with van der Waals surface area (Å²) in [5, 5.41) is 6.06. The van der Waals surface area contributed by atoms with Gasteiger partial charge in [0.1, 0.15) is 0 Å². The Kier molecular flexibility index (Phi) is 5.33. The molecular weight excluding hydrogens is 317 g/mol. The molecule has 1 atom stereocenters. The minimum Gasteiger partial charge on any atom is -0.322 e. The van der Waals surface area contributed by atoms with E-state index in [1.165, 1.54) is 0 Å². The molecule has 0 saturated heterocycles. The monoisotopic (exact) mass is 331 g/mol. The molecule has 0 aliphatic rings. The average Bonchev–Trinajstić information content (AvgIpc) is 2.76. The van der Waals surface area contributed by atoms with Crippen molar-refractivity contribution in [3.63, 3.8) is 0 Å². The Labute approximate surface area is 133 Å². The van der Waals surface area contributed by atoms with E-state index in [2.05, 4.69) is 12.0 Å². The highest BCUT2D eigenvalue weighted by molar-refractivity contribution is 6.36. The number of aryl methyl sites for hydroxylation is 1. The number of hydrogen-bond acceptors (Lipinski definition) is 2. The summed E-state index contributed by atoms with van der Waals surface area (Å²) in [6.07, 6.45) is 3.11. The van der Waals surface area contributed by atoms with Gasteiger partial charge in [0, 0.05) is 16.6 Å². The summed E-state index contributed by atoms with van der Waals surface area (Å²) < 4.78 is 1.84. The standard InChI is InChI=1S/C14H16Cl3N3/c1-2-6-20-14(12(17)8-19-20)13(18)7-9-10(15)4-3-5-11(9)16/h3-5,8,13H,2,6-7,18H2,1H3. The zero-order valence-electron chi connectivity index (χ0n) is 11.1. The Morgan fingerprint density at radius 2 is 1.85 bits per heavy atom. The highest BCUT2D eigenvalue weighted by Crippen LogP contribution is 2.30. The van der Waals surface area contributed by atoms with Crippen molar-refractivity contribution < 1.29 is 0 Å². The number of halogens is 3. The summed E-state index contributed by atoms with van der Waals surface area (Å²) in [4.78, 5) is 0. The molecule has 1 unspecified atom stereocenters. The molecule has 0 spiro atoms. The van der Waals surface area contributed by atoms with Crippen LogP contribution < -0.4 is 5.73 Å². The number of aromatic nitrogens is 2. The number of nitrogens with two attached hydrogens (primary N) is 1. The van der Waals surface area contributed by atoms with Crippen molar-refractivity contribution in [2.24, 2.45) is 5.73 Å². The van der Waals surface area contributed by atoms with E-state index in [0.29, 0.717) is 21.5 Å². The van der Waals surface area contributed by atoms with Crippen LogP contribution in [0.15, 0.2) is 24.4 Å². The number of benzene rings is 1. The van der Waals surface area contributed by atoms with Crippen LogP contribution in [0.1, 0.15) is 30.6 Å². The smallest absolute Gasteiger partial charge is 0.0834 e. The maximum absolute atomic E-state index is 6.28. The van der Waals surface area contributed by atoms with Crippen LogP contribution in [0.3, 0.4) is 0 Å². The summed E-state index contributed by atoms with van der Waals surface area (Å²) >= 11 is 18.6. The van der Waals surface area contributed by atoms with Crippen molar-refractivity contribution in [1.82, 2.24) is 9.78 Å². The summed E-state index contributed by atoms with van der Waals surface area (Å²) in [7, 11) is 0. The van der Waals surface area contributed by atoms with Gasteiger partial charge in [-0.1, -0.05) is 47.8 Å². The minimum absolute atomic E-state index is 0.297. The Bertz CT molecular complexity index is 575. The van der Waals surface area contributed by atoms with Gasteiger partial charge < -0.3 is 5.73 Å². The van der Waals surface area contributed by atoms with Crippen LogP contribution in [0.2, 0.25) is 15.1 Å². The molecule has 1 aromatic heterocycles. The van der Waals surface area contributed by atoms with Gasteiger partial charge in [0.2, 0.25) is 0 Å². The quantitative estimate of drug-likeness (QED) is 0.876. The molecule has 1 heterocycles. The van der Waals surface area contributed by atoms with Gasteiger partial charge in [-0.15, -0.1) is 0 Å². The molecule has 6 heteroatoms. The number of hydrogen-bond donors (Lipinski definition) is 1. The van der Waals surface area contributed by atoms with E-state index < -0.39 is 0 Å². The molecular formula is C14H16Cl3N3. The third-order valence-electron chi connectivity index (χ3n) is 3.11. The van der Waals surface area contributed by atoms with Gasteiger partial charge in [-0.3, -0.25) is 4.68 Å². The van der Waals surface area contributed by atoms with Gasteiger partial charge in [-0.25, -0.2) is 0 Å². The maximum Gasteiger partial charge on any atom is 0.0834 e. The van der Waals surface area contributed by atoms with Gasteiger partial charge in [0.25, 0.3) is 0 Å². The molecule has 0 saturated carbocycles. The third kappa shape index (κ3) is 3.29. The topological polar surface area (TPSA) is 43.8 Å². The first-order valence-electron chi connectivity index (χ1n) is 6.44. The van der Waals surface area contributed by atoms with Crippen molar-refractivity contribution in [3.8, 4) is 0 Å². The lowest BCUT2D eigenvalue weighted by molar-refractivity contribution is 0.538. The first kappa shape index (κ1) is 15.6. The molecule has 0 aliphatic carbocycles. The van der Waals surface area contributed by atoms with Crippen LogP contribution in [0.25, 0.3) is 0 Å². The molecule has 0 bridgehead atoms. The second-order valence-electron chi connectivity index (χ2n) is 4.61. The molecule has 1 aromatic carbocycles. The van der Waals surface area contributed by atoms with Gasteiger partial charge in [-0.05, 0) is 30.5 Å². The fourth-order valence-corrected chi connectivity index (χ4v) is 3.01. The lowest BCUT2D eigenvalue weighted by Crippen LogP contribution is -2.19. The maximum atomic E-state index is 6.28. The Hall–Kier alpha value is -0.740. The molecule has 108 valence electrons. The molecule has 0 amide bonds. The SMILES string of the molecule is CCCn1ncc(Cl)c1C(N)Cc1c(Cl)cccc1Cl. The highest BCUT2D eigenvalue weighted by Gasteiger charge is 2.19. The van der Waals surface area contributed by atoms with Gasteiger partial charge in [-0.2, -0.15) is 5.10 Å². The Morgan fingerprint density at radius 3 is 2.45 bits per heavy atom. The van der Waals surface area contributed by atoms with E-state index in [1.54, 1.807) is 18.3 Å². The van der Waals surface area contributed by atoms with Crippen LogP contribution in [0.4, 0.5) is 0 Å². The Balaban J connectivity index is 2.28. The van der Waals surface area contributed by atoms with E-state index in [9.17, 15) is 0 Å². The van der Waals surface area contributed by atoms with E-state index in [1.807, 2.05) is 10.7 Å². The van der Waals surface area contributed by atoms with Crippen LogP contribution in [0.5, 0.6) is 0 Å². The predicted octanol–water partition coefficient (Wildman–Crippen LogP) is 4.50. The minimum atomic E-state index is -0.297. The fourth-order valence-electron chi connectivity index (χ4n) is 2.17. The van der Waals surface area contributed by atoms with Crippen molar-refractivity contribution in [3.05, 3.63) is 50.7 Å². The molecule has 3 nitrogen and oxygen atoms in total. The lowest BCUT2D eigenvalue weighted by atomic mass is 10.0. The van der Waals surface area contributed by atoms with Gasteiger partial charge >= 0.3 is 0 Å². The van der Waals surface area contributed by atoms with Crippen molar-refractivity contribution >= 4 is 34.8 Å². The fraction of sp³-hybridized carbons (Fsp3) is 0.357. The molecule has 0 fully saturated rings. The first-order valence-corrected chi connectivity index (χ1v) is 7.57. The van der Waals surface area contributed by atoms with Crippen molar-refractivity contribution in [1.29, 1.82) is 0 Å². The number of nitrogens with zero attached hydrogens (tertiary/aromatic N) is 2. The van der Waals surface area contributed by atoms with E-state index in [4.69, 9.17) is 40.5 Å². The van der Waals surface area contributed by atoms with Crippen LogP contribution in [0, 0.1) is 0 Å². The molecule has 0 aliphatic heterocycles. The van der Waals surface area contributed by atoms with E-state index >= 15 is 0 Å². The summed E-state index contributed by atoms with van der Waals surface area (Å²) in [5.74, 6) is 0. The zero-order valence-corrected chi connectivity index (χ0v) is 13.4. The summed E-state index contributed by atoms with van der Waals surface area (Å²) in [6.45, 7) is 2.86. The molecule has 20 heavy (non-hydrogen) atoms. The second kappa shape index (κ2) is 6.81. The zero-order chi connectivity index (χ0) is 14.7. The normalized spacial score (nSPS) is 12.7. The van der Waals surface area contributed by atoms with Crippen LogP contribution in [-0.4, -0.2) is 9.78 Å². The summed E-state index contributed by atoms with van der Waals surface area (Å²) in [6, 6.07) is 5.13. The largest absolute Gasteiger partial charge is 0.322 e. The van der Waals surface area contributed by atoms with Gasteiger partial charge in [0.05, 0.1) is 23.0 Å². The highest BCUT2D eigenvalue weighted by atomic mass is 35.5. The Morgan fingerprint density at radius 1 is 1.20 bits per heavy atom. The average molecular weight is 333 g/mol. The van der Waals surface area contributed by atoms with E-state index in [-0.39, 0.29) is 6.04 Å². The molecule has 2 aromatic rings. The van der Waals surface area contributed by atoms with Gasteiger partial charge in [0.15, 0.2) is 0 Å². The van der Waals surface area contributed by atoms with Crippen molar-refractivity contribution in [2.75, 3.05) is 0 Å². The third-order valence-corrected chi connectivity index (χ3v) is 4.11. The predicted molar refractivity (Wildman–Crippen MR) is 84.6 cm³/mol. The molecule has 2 rings (SSSR count). The lowest BCUT2D eigenvalue weighted by Gasteiger charge is -2.16. The van der Waals surface area contributed by atoms with Crippen molar-refractivity contribution in [2.45, 2.75) is 32.4 Å². The summed E-state index contributed by atoms with van der Waals surface area (Å²) in [5.41, 5.74) is 7.94. The second-order valence-corrected chi connectivity index (χ2v) is 5.83. The number of rotatable bonds is 5. The van der Waals surface area contributed by atoms with Crippen LogP contribution in [-0.2, 0) is 13.0 Å². The van der Waals surface area contributed by atoms with Crippen LogP contribution >= 0.6 is 34.8 Å². The first-order chi connectivity index (χ1) is 9.54. The molecule has 0 radical (unpaired) electrons.